The van der Waals surface area contributed by atoms with E-state index in [1.165, 1.54) is 35.2 Å². The van der Waals surface area contributed by atoms with E-state index >= 15 is 0 Å². The van der Waals surface area contributed by atoms with Crippen LogP contribution in [0.5, 0.6) is 0 Å². The van der Waals surface area contributed by atoms with Crippen LogP contribution in [0.25, 0.3) is 10.9 Å². The summed E-state index contributed by atoms with van der Waals surface area (Å²) in [5.74, 6) is 1.48. The van der Waals surface area contributed by atoms with E-state index in [4.69, 9.17) is 4.99 Å². The lowest BCUT2D eigenvalue weighted by Gasteiger charge is -2.39. The molecular weight excluding hydrogens is 505 g/mol. The lowest BCUT2D eigenvalue weighted by molar-refractivity contribution is 0.125. The monoisotopic (exact) mass is 537 g/mol. The number of para-hydroxylation sites is 1. The Morgan fingerprint density at radius 1 is 1.23 bits per heavy atom. The minimum atomic E-state index is 0. The van der Waals surface area contributed by atoms with Crippen LogP contribution in [0, 0.1) is 5.92 Å². The number of guanidine groups is 1. The van der Waals surface area contributed by atoms with Gasteiger partial charge in [-0.1, -0.05) is 24.3 Å². The lowest BCUT2D eigenvalue weighted by atomic mass is 9.88. The van der Waals surface area contributed by atoms with Gasteiger partial charge < -0.3 is 15.6 Å². The number of halogens is 1. The molecule has 162 valence electrons. The summed E-state index contributed by atoms with van der Waals surface area (Å²) in [4.78, 5) is 12.3. The van der Waals surface area contributed by atoms with Crippen LogP contribution in [0.3, 0.4) is 0 Å². The molecule has 3 aromatic rings. The predicted molar refractivity (Wildman–Crippen MR) is 139 cm³/mol. The Kier molecular flexibility index (Phi) is 8.59. The van der Waals surface area contributed by atoms with Gasteiger partial charge in [0.25, 0.3) is 0 Å². The van der Waals surface area contributed by atoms with Gasteiger partial charge in [-0.25, -0.2) is 4.99 Å². The van der Waals surface area contributed by atoms with E-state index in [2.05, 4.69) is 82.3 Å². The zero-order valence-electron chi connectivity index (χ0n) is 17.7. The smallest absolute Gasteiger partial charge is 0.191 e. The van der Waals surface area contributed by atoms with E-state index in [-0.39, 0.29) is 24.0 Å². The van der Waals surface area contributed by atoms with Gasteiger partial charge in [0.05, 0.1) is 6.54 Å². The number of H-pyrrole nitrogens is 1. The number of fused-ring (bicyclic) bond motifs is 1. The molecule has 0 radical (unpaired) electrons. The molecule has 3 heterocycles. The number of nitrogens with one attached hydrogen (secondary N) is 3. The second-order valence-corrected chi connectivity index (χ2v) is 8.78. The Balaban J connectivity index is 0.00000256. The van der Waals surface area contributed by atoms with Gasteiger partial charge in [-0.3, -0.25) is 4.90 Å². The van der Waals surface area contributed by atoms with Crippen LogP contribution in [0.15, 0.2) is 52.8 Å². The molecule has 0 saturated carbocycles. The SMILES string of the molecule is CCNC(=NCc1cc2ccccc2[nH]1)NCC1CCCN(C)C1c1cccs1.I. The summed E-state index contributed by atoms with van der Waals surface area (Å²) in [5.41, 5.74) is 2.30. The Hall–Kier alpha value is -1.58. The second kappa shape index (κ2) is 11.2. The molecule has 2 aromatic heterocycles. The minimum absolute atomic E-state index is 0. The standard InChI is InChI=1S/C23H31N5S.HI/c1-3-24-23(26-16-19-14-17-8-4-5-10-20(17)27-19)25-15-18-9-6-12-28(2)22(18)21-11-7-13-29-21;/h4-5,7-8,10-11,13-14,18,22,27H,3,6,9,12,15-16H2,1-2H3,(H2,24,25,26);1H. The van der Waals surface area contributed by atoms with Crippen molar-refractivity contribution in [3.8, 4) is 0 Å². The average molecular weight is 538 g/mol. The zero-order chi connectivity index (χ0) is 20.1. The van der Waals surface area contributed by atoms with Gasteiger partial charge in [-0.05, 0) is 68.2 Å². The Morgan fingerprint density at radius 2 is 2.10 bits per heavy atom. The van der Waals surface area contributed by atoms with E-state index < -0.39 is 0 Å². The third-order valence-corrected chi connectivity index (χ3v) is 6.65. The quantitative estimate of drug-likeness (QED) is 0.236. The largest absolute Gasteiger partial charge is 0.357 e. The molecule has 5 nitrogen and oxygen atoms in total. The highest BCUT2D eigenvalue weighted by Gasteiger charge is 2.31. The molecule has 4 rings (SSSR count). The fraction of sp³-hybridized carbons (Fsp3) is 0.435. The first-order chi connectivity index (χ1) is 14.2. The lowest BCUT2D eigenvalue weighted by Crippen LogP contribution is -2.44. The third-order valence-electron chi connectivity index (χ3n) is 5.71. The maximum absolute atomic E-state index is 4.82. The average Bonchev–Trinajstić information content (AvgIpc) is 3.39. The molecule has 2 atom stereocenters. The van der Waals surface area contributed by atoms with E-state index in [1.807, 2.05) is 11.3 Å². The van der Waals surface area contributed by atoms with E-state index in [0.29, 0.717) is 18.5 Å². The molecule has 1 aliphatic heterocycles. The maximum atomic E-state index is 4.82. The molecule has 30 heavy (non-hydrogen) atoms. The summed E-state index contributed by atoms with van der Waals surface area (Å²) in [6.45, 7) is 5.72. The first kappa shape index (κ1) is 23.1. The van der Waals surface area contributed by atoms with E-state index in [1.54, 1.807) is 0 Å². The van der Waals surface area contributed by atoms with Gasteiger partial charge in [-0.2, -0.15) is 0 Å². The van der Waals surface area contributed by atoms with Crippen LogP contribution in [0.4, 0.5) is 0 Å². The predicted octanol–water partition coefficient (Wildman–Crippen LogP) is 4.99. The summed E-state index contributed by atoms with van der Waals surface area (Å²) < 4.78 is 0. The number of nitrogens with zero attached hydrogens (tertiary/aromatic N) is 2. The van der Waals surface area contributed by atoms with E-state index in [0.717, 1.165) is 24.7 Å². The highest BCUT2D eigenvalue weighted by Crippen LogP contribution is 2.36. The number of hydrogen-bond acceptors (Lipinski definition) is 3. The highest BCUT2D eigenvalue weighted by molar-refractivity contribution is 14.0. The fourth-order valence-corrected chi connectivity index (χ4v) is 5.32. The molecule has 1 aromatic carbocycles. The third kappa shape index (κ3) is 5.56. The van der Waals surface area contributed by atoms with Crippen LogP contribution in [0.1, 0.15) is 36.4 Å². The molecule has 2 unspecified atom stereocenters. The molecule has 0 amide bonds. The van der Waals surface area contributed by atoms with Crippen molar-refractivity contribution in [1.29, 1.82) is 0 Å². The molecule has 0 spiro atoms. The Labute approximate surface area is 200 Å². The first-order valence-electron chi connectivity index (χ1n) is 10.6. The number of rotatable bonds is 6. The molecular formula is C23H32IN5S. The summed E-state index contributed by atoms with van der Waals surface area (Å²) in [6.07, 6.45) is 2.51. The number of benzene rings is 1. The van der Waals surface area contributed by atoms with Crippen molar-refractivity contribution in [2.75, 3.05) is 26.7 Å². The van der Waals surface area contributed by atoms with Crippen LogP contribution < -0.4 is 10.6 Å². The first-order valence-corrected chi connectivity index (χ1v) is 11.4. The van der Waals surface area contributed by atoms with Crippen molar-refractivity contribution in [1.82, 2.24) is 20.5 Å². The van der Waals surface area contributed by atoms with Crippen LogP contribution in [-0.2, 0) is 6.54 Å². The minimum Gasteiger partial charge on any atom is -0.357 e. The van der Waals surface area contributed by atoms with Crippen molar-refractivity contribution in [2.45, 2.75) is 32.4 Å². The molecule has 1 aliphatic rings. The molecule has 3 N–H and O–H groups in total. The molecule has 0 aliphatic carbocycles. The van der Waals surface area contributed by atoms with Gasteiger partial charge in [0.1, 0.15) is 0 Å². The van der Waals surface area contributed by atoms with Gasteiger partial charge >= 0.3 is 0 Å². The highest BCUT2D eigenvalue weighted by atomic mass is 127. The normalized spacial score (nSPS) is 20.1. The topological polar surface area (TPSA) is 55.5 Å². The van der Waals surface area contributed by atoms with Gasteiger partial charge in [0.2, 0.25) is 0 Å². The summed E-state index contributed by atoms with van der Waals surface area (Å²) in [5, 5.41) is 10.4. The number of aromatic amines is 1. The number of aromatic nitrogens is 1. The summed E-state index contributed by atoms with van der Waals surface area (Å²) in [7, 11) is 2.26. The maximum Gasteiger partial charge on any atom is 0.191 e. The number of thiophene rings is 1. The number of aliphatic imine (C=N–C) groups is 1. The van der Waals surface area contributed by atoms with E-state index in [9.17, 15) is 0 Å². The van der Waals surface area contributed by atoms with Crippen LogP contribution in [-0.4, -0.2) is 42.5 Å². The van der Waals surface area contributed by atoms with Gasteiger partial charge in [0.15, 0.2) is 5.96 Å². The zero-order valence-corrected chi connectivity index (χ0v) is 20.9. The van der Waals surface area contributed by atoms with Crippen molar-refractivity contribution in [2.24, 2.45) is 10.9 Å². The summed E-state index contributed by atoms with van der Waals surface area (Å²) >= 11 is 1.87. The van der Waals surface area contributed by atoms with Gasteiger partial charge in [-0.15, -0.1) is 35.3 Å². The Morgan fingerprint density at radius 3 is 2.87 bits per heavy atom. The fourth-order valence-electron chi connectivity index (χ4n) is 4.33. The molecule has 7 heteroatoms. The van der Waals surface area contributed by atoms with Crippen LogP contribution in [0.2, 0.25) is 0 Å². The molecule has 1 saturated heterocycles. The van der Waals surface area contributed by atoms with Crippen LogP contribution >= 0.6 is 35.3 Å². The summed E-state index contributed by atoms with van der Waals surface area (Å²) in [6, 6.07) is 15.5. The van der Waals surface area contributed by atoms with Crippen molar-refractivity contribution >= 4 is 52.2 Å². The molecule has 1 fully saturated rings. The van der Waals surface area contributed by atoms with Gasteiger partial charge in [0, 0.05) is 35.2 Å². The van der Waals surface area contributed by atoms with Crippen molar-refractivity contribution in [3.05, 3.63) is 58.4 Å². The second-order valence-electron chi connectivity index (χ2n) is 7.80. The molecule has 0 bridgehead atoms. The Bertz CT molecular complexity index is 903. The number of likely N-dealkylation sites (tertiary alicyclic amines) is 1. The number of piperidine rings is 1. The van der Waals surface area contributed by atoms with Crippen molar-refractivity contribution < 1.29 is 0 Å². The van der Waals surface area contributed by atoms with Crippen molar-refractivity contribution in [3.63, 3.8) is 0 Å². The number of hydrogen-bond donors (Lipinski definition) is 3.